The van der Waals surface area contributed by atoms with Gasteiger partial charge in [0.2, 0.25) is 0 Å². The van der Waals surface area contributed by atoms with Crippen molar-refractivity contribution in [3.63, 3.8) is 0 Å². The van der Waals surface area contributed by atoms with Gasteiger partial charge >= 0.3 is 0 Å². The van der Waals surface area contributed by atoms with Gasteiger partial charge in [-0.25, -0.2) is 0 Å². The van der Waals surface area contributed by atoms with Gasteiger partial charge in [0.25, 0.3) is 0 Å². The molecule has 0 atom stereocenters. The molecule has 0 radical (unpaired) electrons. The van der Waals surface area contributed by atoms with E-state index < -0.39 is 0 Å². The van der Waals surface area contributed by atoms with E-state index in [1.807, 2.05) is 59.3 Å². The van der Waals surface area contributed by atoms with Crippen molar-refractivity contribution < 1.29 is 0 Å². The van der Waals surface area contributed by atoms with E-state index in [2.05, 4.69) is 55.4 Å². The summed E-state index contributed by atoms with van der Waals surface area (Å²) in [6.07, 6.45) is 7.98. The molecule has 0 saturated heterocycles. The van der Waals surface area contributed by atoms with Crippen molar-refractivity contribution in [1.29, 1.82) is 0 Å². The van der Waals surface area contributed by atoms with Crippen LogP contribution in [0.2, 0.25) is 0 Å². The lowest BCUT2D eigenvalue weighted by Crippen LogP contribution is -1.74. The smallest absolute Gasteiger partial charge is 0.0703 e. The third kappa shape index (κ3) is 4.04. The molecule has 0 aliphatic carbocycles. The molecule has 0 fully saturated rings. The van der Waals surface area contributed by atoms with Crippen LogP contribution in [0.15, 0.2) is 59.2 Å². The van der Waals surface area contributed by atoms with Gasteiger partial charge in [-0.05, 0) is 59.7 Å². The zero-order chi connectivity index (χ0) is 18.1. The van der Waals surface area contributed by atoms with E-state index in [1.165, 1.54) is 38.5 Å². The minimum absolute atomic E-state index is 1.13. The maximum Gasteiger partial charge on any atom is 0.0703 e. The fourth-order valence-electron chi connectivity index (χ4n) is 2.45. The maximum atomic E-state index is 4.16. The summed E-state index contributed by atoms with van der Waals surface area (Å²) >= 11 is 9.48. The Kier molecular flexibility index (Phi) is 5.76. The van der Waals surface area contributed by atoms with Crippen LogP contribution in [-0.4, -0.2) is 4.98 Å². The number of thioether (sulfide) groups is 4. The van der Waals surface area contributed by atoms with Crippen LogP contribution in [-0.2, 0) is 0 Å². The molecule has 0 saturated carbocycles. The first kappa shape index (κ1) is 18.6. The Morgan fingerprint density at radius 3 is 2.35 bits per heavy atom. The lowest BCUT2D eigenvalue weighted by molar-refractivity contribution is 1.32. The van der Waals surface area contributed by atoms with Crippen LogP contribution in [0, 0.1) is 0 Å². The van der Waals surface area contributed by atoms with E-state index in [4.69, 9.17) is 0 Å². The third-order valence-electron chi connectivity index (χ3n) is 3.92. The molecule has 0 N–H and O–H groups in total. The molecule has 2 aromatic rings. The Bertz CT molecular complexity index is 947. The highest BCUT2D eigenvalue weighted by Gasteiger charge is 2.26. The van der Waals surface area contributed by atoms with E-state index >= 15 is 0 Å². The second kappa shape index (κ2) is 8.07. The number of hydrogen-bond acceptors (Lipinski definition) is 6. The third-order valence-corrected chi connectivity index (χ3v) is 10.6. The van der Waals surface area contributed by atoms with Crippen molar-refractivity contribution in [3.8, 4) is 0 Å². The number of rotatable bonds is 3. The van der Waals surface area contributed by atoms with Gasteiger partial charge in [0.05, 0.1) is 8.47 Å². The predicted octanol–water partition coefficient (Wildman–Crippen LogP) is 8.34. The highest BCUT2D eigenvalue weighted by molar-refractivity contribution is 8.35. The second-order valence-corrected chi connectivity index (χ2v) is 12.0. The Balaban J connectivity index is 1.50. The normalized spacial score (nSPS) is 18.1. The standard InChI is InChI=1S/C20H17NS5/c1-12-13(2)24-19(23-12)20-25-14(3)18(26-20)16-9-17(22-11-16)7-6-15-5-4-8-21-10-15/h4-11H,1-3H3/b7-6+. The summed E-state index contributed by atoms with van der Waals surface area (Å²) in [6.45, 7) is 6.67. The predicted molar refractivity (Wildman–Crippen MR) is 126 cm³/mol. The first-order valence-electron chi connectivity index (χ1n) is 8.11. The molecule has 132 valence electrons. The topological polar surface area (TPSA) is 12.9 Å². The minimum Gasteiger partial charge on any atom is -0.264 e. The van der Waals surface area contributed by atoms with E-state index in [0.29, 0.717) is 0 Å². The minimum atomic E-state index is 1.13. The number of thiophene rings is 1. The summed E-state index contributed by atoms with van der Waals surface area (Å²) in [5, 5.41) is 2.27. The van der Waals surface area contributed by atoms with Gasteiger partial charge in [-0.3, -0.25) is 4.98 Å². The van der Waals surface area contributed by atoms with Crippen molar-refractivity contribution >= 4 is 75.4 Å². The molecule has 0 bridgehead atoms. The fourth-order valence-corrected chi connectivity index (χ4v) is 8.76. The van der Waals surface area contributed by atoms with E-state index in [1.54, 1.807) is 17.5 Å². The SMILES string of the molecule is CC1=C(C)SC(=C2SC(C)=C(c3csc(/C=C/c4cccnc4)c3)S2)S1. The summed E-state index contributed by atoms with van der Waals surface area (Å²) in [5.74, 6) is 0. The van der Waals surface area contributed by atoms with Crippen LogP contribution in [0.3, 0.4) is 0 Å². The van der Waals surface area contributed by atoms with Crippen molar-refractivity contribution in [3.05, 3.63) is 75.2 Å². The van der Waals surface area contributed by atoms with Crippen LogP contribution in [0.25, 0.3) is 17.1 Å². The molecule has 1 nitrogen and oxygen atoms in total. The molecule has 0 unspecified atom stereocenters. The highest BCUT2D eigenvalue weighted by atomic mass is 32.2. The number of pyridine rings is 1. The van der Waals surface area contributed by atoms with Crippen molar-refractivity contribution in [1.82, 2.24) is 4.98 Å². The molecule has 6 heteroatoms. The number of allylic oxidation sites excluding steroid dienone is 3. The van der Waals surface area contributed by atoms with Crippen molar-refractivity contribution in [2.24, 2.45) is 0 Å². The Morgan fingerprint density at radius 1 is 0.885 bits per heavy atom. The van der Waals surface area contributed by atoms with Crippen molar-refractivity contribution in [2.45, 2.75) is 20.8 Å². The molecule has 0 spiro atoms. The monoisotopic (exact) mass is 431 g/mol. The summed E-state index contributed by atoms with van der Waals surface area (Å²) in [4.78, 5) is 11.1. The lowest BCUT2D eigenvalue weighted by atomic mass is 10.2. The zero-order valence-electron chi connectivity index (χ0n) is 14.6. The van der Waals surface area contributed by atoms with Gasteiger partial charge in [-0.1, -0.05) is 59.2 Å². The zero-order valence-corrected chi connectivity index (χ0v) is 18.7. The van der Waals surface area contributed by atoms with E-state index in [-0.39, 0.29) is 0 Å². The molecule has 2 aliphatic heterocycles. The molecular weight excluding hydrogens is 415 g/mol. The molecular formula is C20H17NS5. The van der Waals surface area contributed by atoms with Crippen LogP contribution >= 0.6 is 58.4 Å². The average molecular weight is 432 g/mol. The molecule has 0 amide bonds. The van der Waals surface area contributed by atoms with Gasteiger partial charge in [0, 0.05) is 32.6 Å². The Hall–Kier alpha value is -0.790. The second-order valence-electron chi connectivity index (χ2n) is 5.84. The van der Waals surface area contributed by atoms with Crippen LogP contribution in [0.4, 0.5) is 0 Å². The molecule has 4 heterocycles. The molecule has 2 aliphatic rings. The first-order valence-corrected chi connectivity index (χ1v) is 12.3. The summed E-state index contributed by atoms with van der Waals surface area (Å²) in [6, 6.07) is 6.33. The van der Waals surface area contributed by atoms with Gasteiger partial charge in [-0.2, -0.15) is 0 Å². The highest BCUT2D eigenvalue weighted by Crippen LogP contribution is 2.61. The maximum absolute atomic E-state index is 4.16. The van der Waals surface area contributed by atoms with Gasteiger partial charge in [0.1, 0.15) is 0 Å². The number of hydrogen-bond donors (Lipinski definition) is 0. The summed E-state index contributed by atoms with van der Waals surface area (Å²) < 4.78 is 2.87. The summed E-state index contributed by atoms with van der Waals surface area (Å²) in [5.41, 5.74) is 2.46. The Labute approximate surface area is 175 Å². The molecule has 4 rings (SSSR count). The van der Waals surface area contributed by atoms with Crippen molar-refractivity contribution in [2.75, 3.05) is 0 Å². The van der Waals surface area contributed by atoms with Gasteiger partial charge < -0.3 is 0 Å². The van der Waals surface area contributed by atoms with Crippen LogP contribution in [0.5, 0.6) is 0 Å². The first-order chi connectivity index (χ1) is 12.6. The number of nitrogens with zero attached hydrogens (tertiary/aromatic N) is 1. The molecule has 0 aromatic carbocycles. The quantitative estimate of drug-likeness (QED) is 0.483. The average Bonchev–Trinajstić information content (AvgIpc) is 3.34. The number of aromatic nitrogens is 1. The largest absolute Gasteiger partial charge is 0.264 e. The molecule has 2 aromatic heterocycles. The van der Waals surface area contributed by atoms with E-state index in [0.717, 1.165) is 5.56 Å². The van der Waals surface area contributed by atoms with E-state index in [9.17, 15) is 0 Å². The van der Waals surface area contributed by atoms with Crippen LogP contribution < -0.4 is 0 Å². The van der Waals surface area contributed by atoms with Gasteiger partial charge in [0.15, 0.2) is 0 Å². The fraction of sp³-hybridized carbons (Fsp3) is 0.150. The van der Waals surface area contributed by atoms with Crippen LogP contribution in [0.1, 0.15) is 36.8 Å². The summed E-state index contributed by atoms with van der Waals surface area (Å²) in [7, 11) is 0. The molecule has 26 heavy (non-hydrogen) atoms. The lowest BCUT2D eigenvalue weighted by Gasteiger charge is -2.01. The van der Waals surface area contributed by atoms with Gasteiger partial charge in [-0.15, -0.1) is 11.3 Å². The Morgan fingerprint density at radius 2 is 1.62 bits per heavy atom.